The third-order valence-electron chi connectivity index (χ3n) is 5.84. The van der Waals surface area contributed by atoms with Crippen molar-refractivity contribution in [3.63, 3.8) is 0 Å². The minimum absolute atomic E-state index is 0.0257. The van der Waals surface area contributed by atoms with Crippen molar-refractivity contribution in [2.75, 3.05) is 20.1 Å². The molecule has 0 spiro atoms. The third kappa shape index (κ3) is 5.25. The third-order valence-corrected chi connectivity index (χ3v) is 5.84. The van der Waals surface area contributed by atoms with Gasteiger partial charge in [0.1, 0.15) is 11.3 Å². The summed E-state index contributed by atoms with van der Waals surface area (Å²) in [5, 5.41) is 4.00. The molecule has 0 atom stereocenters. The van der Waals surface area contributed by atoms with Crippen LogP contribution in [0.25, 0.3) is 0 Å². The monoisotopic (exact) mass is 397 g/mol. The van der Waals surface area contributed by atoms with Crippen molar-refractivity contribution in [3.05, 3.63) is 52.9 Å². The van der Waals surface area contributed by atoms with Gasteiger partial charge in [-0.25, -0.2) is 0 Å². The number of likely N-dealkylation sites (tertiary alicyclic amines) is 1. The van der Waals surface area contributed by atoms with Gasteiger partial charge in [-0.15, -0.1) is 0 Å². The Kier molecular flexibility index (Phi) is 7.07. The second-order valence-electron chi connectivity index (χ2n) is 7.92. The molecule has 0 unspecified atom stereocenters. The van der Waals surface area contributed by atoms with E-state index in [2.05, 4.69) is 5.16 Å². The molecule has 1 fully saturated rings. The molecule has 1 aromatic carbocycles. The zero-order chi connectivity index (χ0) is 20.8. The molecule has 2 aromatic rings. The Hall–Kier alpha value is -2.63. The van der Waals surface area contributed by atoms with E-state index in [1.807, 2.05) is 49.2 Å². The van der Waals surface area contributed by atoms with Gasteiger partial charge in [0.05, 0.1) is 5.69 Å². The highest BCUT2D eigenvalue weighted by Gasteiger charge is 2.28. The average Bonchev–Trinajstić information content (AvgIpc) is 3.13. The first-order chi connectivity index (χ1) is 14.0. The summed E-state index contributed by atoms with van der Waals surface area (Å²) < 4.78 is 5.21. The van der Waals surface area contributed by atoms with Crippen LogP contribution in [0.5, 0.6) is 0 Å². The second kappa shape index (κ2) is 9.72. The molecule has 2 heterocycles. The number of hydrogen-bond acceptors (Lipinski definition) is 4. The molecule has 0 saturated carbocycles. The number of amides is 2. The summed E-state index contributed by atoms with van der Waals surface area (Å²) in [5.74, 6) is 1.29. The molecular weight excluding hydrogens is 366 g/mol. The van der Waals surface area contributed by atoms with E-state index in [1.165, 1.54) is 0 Å². The first-order valence-electron chi connectivity index (χ1n) is 10.5. The van der Waals surface area contributed by atoms with Gasteiger partial charge >= 0.3 is 0 Å². The summed E-state index contributed by atoms with van der Waals surface area (Å²) in [5.41, 5.74) is 2.51. The van der Waals surface area contributed by atoms with Crippen molar-refractivity contribution in [1.29, 1.82) is 0 Å². The molecular formula is C23H31N3O3. The first-order valence-corrected chi connectivity index (χ1v) is 10.5. The predicted molar refractivity (Wildman–Crippen MR) is 111 cm³/mol. The lowest BCUT2D eigenvalue weighted by atomic mass is 9.91. The lowest BCUT2D eigenvalue weighted by Gasteiger charge is -2.32. The maximum absolute atomic E-state index is 12.9. The van der Waals surface area contributed by atoms with Crippen LogP contribution in [0.3, 0.4) is 0 Å². The quantitative estimate of drug-likeness (QED) is 0.712. The van der Waals surface area contributed by atoms with Crippen LogP contribution in [-0.2, 0) is 17.8 Å². The van der Waals surface area contributed by atoms with E-state index >= 15 is 0 Å². The Morgan fingerprint density at radius 2 is 1.90 bits per heavy atom. The zero-order valence-electron chi connectivity index (χ0n) is 17.7. The highest BCUT2D eigenvalue weighted by atomic mass is 16.5. The minimum atomic E-state index is 0.0257. The molecule has 1 saturated heterocycles. The van der Waals surface area contributed by atoms with Crippen molar-refractivity contribution in [2.24, 2.45) is 5.92 Å². The number of nitrogens with zero attached hydrogens (tertiary/aromatic N) is 3. The van der Waals surface area contributed by atoms with E-state index in [9.17, 15) is 9.59 Å². The Balaban J connectivity index is 1.44. The molecule has 0 radical (unpaired) electrons. The number of hydrogen-bond donors (Lipinski definition) is 0. The number of aryl methyl sites for hydroxylation is 2. The van der Waals surface area contributed by atoms with E-state index in [1.54, 1.807) is 11.8 Å². The maximum Gasteiger partial charge on any atom is 0.259 e. The number of benzene rings is 1. The van der Waals surface area contributed by atoms with Gasteiger partial charge in [-0.05, 0) is 44.1 Å². The smallest absolute Gasteiger partial charge is 0.259 e. The van der Waals surface area contributed by atoms with Gasteiger partial charge in [-0.1, -0.05) is 42.4 Å². The van der Waals surface area contributed by atoms with Crippen LogP contribution in [0.2, 0.25) is 0 Å². The van der Waals surface area contributed by atoms with Crippen LogP contribution in [-0.4, -0.2) is 46.9 Å². The molecule has 3 rings (SSSR count). The minimum Gasteiger partial charge on any atom is -0.361 e. The molecule has 2 amide bonds. The van der Waals surface area contributed by atoms with Gasteiger partial charge in [0.2, 0.25) is 5.91 Å². The van der Waals surface area contributed by atoms with E-state index in [0.717, 1.165) is 43.6 Å². The van der Waals surface area contributed by atoms with E-state index < -0.39 is 0 Å². The summed E-state index contributed by atoms with van der Waals surface area (Å²) in [7, 11) is 1.86. The summed E-state index contributed by atoms with van der Waals surface area (Å²) in [6, 6.07) is 10.0. The van der Waals surface area contributed by atoms with Crippen LogP contribution in [0.15, 0.2) is 34.9 Å². The highest BCUT2D eigenvalue weighted by Crippen LogP contribution is 2.25. The number of carbonyl (C=O) groups excluding carboxylic acids is 2. The predicted octanol–water partition coefficient (Wildman–Crippen LogP) is 3.84. The molecule has 6 heteroatoms. The number of aromatic nitrogens is 1. The van der Waals surface area contributed by atoms with Crippen molar-refractivity contribution in [1.82, 2.24) is 15.0 Å². The van der Waals surface area contributed by atoms with Crippen LogP contribution in [0, 0.1) is 12.8 Å². The highest BCUT2D eigenvalue weighted by molar-refractivity contribution is 5.96. The average molecular weight is 398 g/mol. The maximum atomic E-state index is 12.9. The van der Waals surface area contributed by atoms with Gasteiger partial charge in [0.25, 0.3) is 5.91 Å². The molecule has 0 aliphatic carbocycles. The van der Waals surface area contributed by atoms with Crippen molar-refractivity contribution in [2.45, 2.75) is 52.5 Å². The van der Waals surface area contributed by atoms with E-state index in [-0.39, 0.29) is 11.8 Å². The fourth-order valence-electron chi connectivity index (χ4n) is 3.98. The van der Waals surface area contributed by atoms with Crippen LogP contribution in [0.1, 0.15) is 60.0 Å². The molecule has 6 nitrogen and oxygen atoms in total. The standard InChI is InChI=1S/C23H31N3O3/c1-4-20-22(17(2)29-24-20)23(28)26-14-12-18(13-15-26)10-11-21(27)25(3)16-19-8-6-5-7-9-19/h5-9,18H,4,10-16H2,1-3H3. The SMILES string of the molecule is CCc1noc(C)c1C(=O)N1CCC(CCC(=O)N(C)Cc2ccccc2)CC1. The fourth-order valence-corrected chi connectivity index (χ4v) is 3.98. The molecule has 29 heavy (non-hydrogen) atoms. The lowest BCUT2D eigenvalue weighted by Crippen LogP contribution is -2.39. The number of piperidine rings is 1. The topological polar surface area (TPSA) is 66.7 Å². The van der Waals surface area contributed by atoms with Crippen LogP contribution in [0.4, 0.5) is 0 Å². The summed E-state index contributed by atoms with van der Waals surface area (Å²) in [6.45, 7) is 5.87. The summed E-state index contributed by atoms with van der Waals surface area (Å²) in [4.78, 5) is 29.0. The van der Waals surface area contributed by atoms with E-state index in [0.29, 0.717) is 36.6 Å². The van der Waals surface area contributed by atoms with Crippen molar-refractivity contribution in [3.8, 4) is 0 Å². The fraction of sp³-hybridized carbons (Fsp3) is 0.522. The Morgan fingerprint density at radius 3 is 2.55 bits per heavy atom. The van der Waals surface area contributed by atoms with Gasteiger partial charge in [-0.2, -0.15) is 0 Å². The van der Waals surface area contributed by atoms with Gasteiger partial charge < -0.3 is 14.3 Å². The first kappa shape index (κ1) is 21.1. The molecule has 1 aromatic heterocycles. The van der Waals surface area contributed by atoms with E-state index in [4.69, 9.17) is 4.52 Å². The van der Waals surface area contributed by atoms with Crippen LogP contribution < -0.4 is 0 Å². The van der Waals surface area contributed by atoms with Crippen molar-refractivity contribution >= 4 is 11.8 Å². The molecule has 0 N–H and O–H groups in total. The van der Waals surface area contributed by atoms with Crippen LogP contribution >= 0.6 is 0 Å². The van der Waals surface area contributed by atoms with Gasteiger partial charge in [0, 0.05) is 33.1 Å². The normalized spacial score (nSPS) is 14.8. The number of carbonyl (C=O) groups is 2. The van der Waals surface area contributed by atoms with Crippen molar-refractivity contribution < 1.29 is 14.1 Å². The second-order valence-corrected chi connectivity index (χ2v) is 7.92. The molecule has 1 aliphatic heterocycles. The molecule has 0 bridgehead atoms. The Morgan fingerprint density at radius 1 is 1.21 bits per heavy atom. The summed E-state index contributed by atoms with van der Waals surface area (Å²) >= 11 is 0. The summed E-state index contributed by atoms with van der Waals surface area (Å²) in [6.07, 6.45) is 4.01. The number of rotatable bonds is 7. The van der Waals surface area contributed by atoms with Gasteiger partial charge in [0.15, 0.2) is 0 Å². The Bertz CT molecular complexity index is 823. The van der Waals surface area contributed by atoms with Gasteiger partial charge in [-0.3, -0.25) is 9.59 Å². The lowest BCUT2D eigenvalue weighted by molar-refractivity contribution is -0.130. The Labute approximate surface area is 172 Å². The molecule has 156 valence electrons. The largest absolute Gasteiger partial charge is 0.361 e. The zero-order valence-corrected chi connectivity index (χ0v) is 17.7. The molecule has 1 aliphatic rings.